The van der Waals surface area contributed by atoms with Gasteiger partial charge in [0.25, 0.3) is 0 Å². The molecule has 4 heteroatoms. The van der Waals surface area contributed by atoms with Gasteiger partial charge in [0.05, 0.1) is 6.61 Å². The van der Waals surface area contributed by atoms with Crippen LogP contribution >= 0.6 is 0 Å². The Morgan fingerprint density at radius 2 is 2.38 bits per heavy atom. The van der Waals surface area contributed by atoms with E-state index < -0.39 is 0 Å². The van der Waals surface area contributed by atoms with Gasteiger partial charge in [0.2, 0.25) is 0 Å². The molecule has 2 aliphatic rings. The lowest BCUT2D eigenvalue weighted by Gasteiger charge is -2.07. The van der Waals surface area contributed by atoms with Gasteiger partial charge in [-0.1, -0.05) is 0 Å². The van der Waals surface area contributed by atoms with Crippen LogP contribution in [0.1, 0.15) is 18.4 Å². The molecule has 1 N–H and O–H groups in total. The Morgan fingerprint density at radius 3 is 3.12 bits per heavy atom. The Balaban J connectivity index is 1.84. The smallest absolute Gasteiger partial charge is 0.313 e. The van der Waals surface area contributed by atoms with Gasteiger partial charge in [-0.2, -0.15) is 0 Å². The minimum absolute atomic E-state index is 0.0705. The molecule has 84 valence electrons. The quantitative estimate of drug-likeness (QED) is 0.766. The van der Waals surface area contributed by atoms with Crippen molar-refractivity contribution in [1.29, 1.82) is 0 Å². The fourth-order valence-electron chi connectivity index (χ4n) is 2.37. The Hall–Kier alpha value is -1.71. The average molecular weight is 220 g/mol. The zero-order valence-corrected chi connectivity index (χ0v) is 8.84. The third kappa shape index (κ3) is 1.19. The van der Waals surface area contributed by atoms with Gasteiger partial charge in [-0.25, -0.2) is 0 Å². The molecule has 1 unspecified atom stereocenters. The van der Waals surface area contributed by atoms with Crippen molar-refractivity contribution < 1.29 is 19.4 Å². The molecule has 1 aliphatic heterocycles. The molecule has 1 heterocycles. The molecule has 0 spiro atoms. The predicted molar refractivity (Wildman–Crippen MR) is 55.4 cm³/mol. The van der Waals surface area contributed by atoms with Crippen molar-refractivity contribution >= 4 is 5.97 Å². The highest BCUT2D eigenvalue weighted by atomic mass is 16.5. The summed E-state index contributed by atoms with van der Waals surface area (Å²) in [6.45, 7) is 2.18. The van der Waals surface area contributed by atoms with Crippen LogP contribution < -0.4 is 4.74 Å². The van der Waals surface area contributed by atoms with Crippen LogP contribution in [0.15, 0.2) is 18.2 Å². The highest BCUT2D eigenvalue weighted by Gasteiger charge is 2.63. The maximum absolute atomic E-state index is 11.5. The van der Waals surface area contributed by atoms with Crippen LogP contribution in [0.5, 0.6) is 11.5 Å². The summed E-state index contributed by atoms with van der Waals surface area (Å²) in [6.07, 6.45) is -0.0872. The molecular formula is C12H12O4. The van der Waals surface area contributed by atoms with Gasteiger partial charge in [0.15, 0.2) is 0 Å². The molecule has 3 atom stereocenters. The second-order valence-electron chi connectivity index (χ2n) is 4.11. The minimum atomic E-state index is -0.202. The Kier molecular flexibility index (Phi) is 1.87. The van der Waals surface area contributed by atoms with Crippen molar-refractivity contribution in [3.63, 3.8) is 0 Å². The molecule has 0 bridgehead atoms. The molecule has 1 saturated carbocycles. The maximum Gasteiger partial charge on any atom is 0.313 e. The molecule has 0 aromatic heterocycles. The van der Waals surface area contributed by atoms with Gasteiger partial charge in [-0.3, -0.25) is 4.79 Å². The molecule has 3 rings (SSSR count). The lowest BCUT2D eigenvalue weighted by atomic mass is 10.1. The maximum atomic E-state index is 11.5. The van der Waals surface area contributed by atoms with Crippen molar-refractivity contribution in [3.8, 4) is 11.5 Å². The summed E-state index contributed by atoms with van der Waals surface area (Å²) in [6, 6.07) is 4.99. The van der Waals surface area contributed by atoms with Crippen molar-refractivity contribution in [2.24, 2.45) is 5.92 Å². The highest BCUT2D eigenvalue weighted by molar-refractivity contribution is 5.80. The van der Waals surface area contributed by atoms with E-state index in [9.17, 15) is 9.90 Å². The number of fused-ring (bicyclic) bond motifs is 3. The van der Waals surface area contributed by atoms with E-state index in [0.717, 1.165) is 11.3 Å². The number of phenols is 1. The van der Waals surface area contributed by atoms with E-state index in [1.54, 1.807) is 25.1 Å². The first-order chi connectivity index (χ1) is 7.72. The number of esters is 1. The number of hydrogen-bond acceptors (Lipinski definition) is 4. The second kappa shape index (κ2) is 3.14. The van der Waals surface area contributed by atoms with E-state index in [0.29, 0.717) is 6.61 Å². The number of phenolic OH excluding ortho intramolecular Hbond substituents is 1. The fourth-order valence-corrected chi connectivity index (χ4v) is 2.37. The normalized spacial score (nSPS) is 28.9. The molecule has 16 heavy (non-hydrogen) atoms. The third-order valence-electron chi connectivity index (χ3n) is 3.13. The largest absolute Gasteiger partial charge is 0.508 e. The number of ether oxygens (including phenoxy) is 2. The van der Waals surface area contributed by atoms with Crippen LogP contribution in [0.2, 0.25) is 0 Å². The molecule has 0 saturated heterocycles. The molecule has 1 aromatic rings. The monoisotopic (exact) mass is 220 g/mol. The first kappa shape index (κ1) is 9.51. The van der Waals surface area contributed by atoms with E-state index in [1.165, 1.54) is 0 Å². The van der Waals surface area contributed by atoms with E-state index >= 15 is 0 Å². The van der Waals surface area contributed by atoms with E-state index in [1.807, 2.05) is 0 Å². The summed E-state index contributed by atoms with van der Waals surface area (Å²) in [5.74, 6) is 0.660. The second-order valence-corrected chi connectivity index (χ2v) is 4.11. The van der Waals surface area contributed by atoms with Crippen molar-refractivity contribution in [2.45, 2.75) is 18.9 Å². The van der Waals surface area contributed by atoms with Gasteiger partial charge in [-0.05, 0) is 25.1 Å². The first-order valence-electron chi connectivity index (χ1n) is 5.38. The van der Waals surface area contributed by atoms with E-state index in [2.05, 4.69) is 0 Å². The SMILES string of the molecule is CCOC(=O)[C@H]1C2c3cc(O)ccc3O[C@@H]21. The number of hydrogen-bond donors (Lipinski definition) is 1. The number of carbonyl (C=O) groups is 1. The molecule has 4 nitrogen and oxygen atoms in total. The van der Waals surface area contributed by atoms with Gasteiger partial charge in [0, 0.05) is 11.5 Å². The molecule has 1 fully saturated rings. The van der Waals surface area contributed by atoms with E-state index in [-0.39, 0.29) is 29.7 Å². The van der Waals surface area contributed by atoms with Crippen LogP contribution in [0, 0.1) is 5.92 Å². The van der Waals surface area contributed by atoms with Gasteiger partial charge < -0.3 is 14.6 Å². The van der Waals surface area contributed by atoms with Crippen LogP contribution in [-0.4, -0.2) is 23.8 Å². The predicted octanol–water partition coefficient (Wildman–Crippen LogP) is 1.43. The van der Waals surface area contributed by atoms with Gasteiger partial charge >= 0.3 is 5.97 Å². The number of aromatic hydroxyl groups is 1. The summed E-state index contributed by atoms with van der Waals surface area (Å²) in [5.41, 5.74) is 0.919. The van der Waals surface area contributed by atoms with Crippen LogP contribution in [0.4, 0.5) is 0 Å². The number of benzene rings is 1. The summed E-state index contributed by atoms with van der Waals surface area (Å²) in [5, 5.41) is 9.39. The fraction of sp³-hybridized carbons (Fsp3) is 0.417. The highest BCUT2D eigenvalue weighted by Crippen LogP contribution is 2.59. The van der Waals surface area contributed by atoms with E-state index in [4.69, 9.17) is 9.47 Å². The van der Waals surface area contributed by atoms with Crippen molar-refractivity contribution in [3.05, 3.63) is 23.8 Å². The lowest BCUT2D eigenvalue weighted by Crippen LogP contribution is -2.13. The Bertz CT molecular complexity index is 454. The first-order valence-corrected chi connectivity index (χ1v) is 5.38. The molecular weight excluding hydrogens is 208 g/mol. The topological polar surface area (TPSA) is 55.8 Å². The number of carbonyl (C=O) groups excluding carboxylic acids is 1. The average Bonchev–Trinajstić information content (AvgIpc) is 2.85. The molecule has 0 radical (unpaired) electrons. The zero-order valence-electron chi connectivity index (χ0n) is 8.84. The van der Waals surface area contributed by atoms with Crippen LogP contribution in [0.3, 0.4) is 0 Å². The minimum Gasteiger partial charge on any atom is -0.508 e. The summed E-state index contributed by atoms with van der Waals surface area (Å²) in [7, 11) is 0. The summed E-state index contributed by atoms with van der Waals surface area (Å²) in [4.78, 5) is 11.5. The zero-order chi connectivity index (χ0) is 11.3. The number of rotatable bonds is 2. The lowest BCUT2D eigenvalue weighted by molar-refractivity contribution is -0.145. The van der Waals surface area contributed by atoms with Crippen LogP contribution in [-0.2, 0) is 9.53 Å². The van der Waals surface area contributed by atoms with Crippen molar-refractivity contribution in [2.75, 3.05) is 6.61 Å². The third-order valence-corrected chi connectivity index (χ3v) is 3.13. The molecule has 1 aromatic carbocycles. The van der Waals surface area contributed by atoms with Gasteiger partial charge in [-0.15, -0.1) is 0 Å². The molecule has 0 amide bonds. The van der Waals surface area contributed by atoms with Gasteiger partial charge in [0.1, 0.15) is 23.5 Å². The standard InChI is InChI=1S/C12H12O4/c1-2-15-12(14)10-9-7-5-6(13)3-4-8(7)16-11(9)10/h3-5,9-11,13H,2H2,1H3/t9?,10-,11-/m0/s1. The Morgan fingerprint density at radius 1 is 1.56 bits per heavy atom. The Labute approximate surface area is 92.8 Å². The van der Waals surface area contributed by atoms with Crippen LogP contribution in [0.25, 0.3) is 0 Å². The summed E-state index contributed by atoms with van der Waals surface area (Å²) < 4.78 is 10.6. The molecule has 1 aliphatic carbocycles. The summed E-state index contributed by atoms with van der Waals surface area (Å²) >= 11 is 0. The van der Waals surface area contributed by atoms with Crippen molar-refractivity contribution in [1.82, 2.24) is 0 Å².